The second-order valence-corrected chi connectivity index (χ2v) is 5.36. The molecular weight excluding hydrogens is 274 g/mol. The number of nitrogens with one attached hydrogen (secondary N) is 1. The molecule has 106 valence electrons. The molecule has 0 saturated heterocycles. The number of hydrogen-bond donors (Lipinski definition) is 2. The van der Waals surface area contributed by atoms with E-state index in [9.17, 15) is 4.79 Å². The maximum absolute atomic E-state index is 11.3. The van der Waals surface area contributed by atoms with Gasteiger partial charge in [-0.25, -0.2) is 4.98 Å². The Morgan fingerprint density at radius 3 is 2.95 bits per heavy atom. The summed E-state index contributed by atoms with van der Waals surface area (Å²) >= 11 is 1.51. The minimum Gasteiger partial charge on any atom is -0.491 e. The molecule has 0 radical (unpaired) electrons. The number of thioether (sulfide) groups is 1. The summed E-state index contributed by atoms with van der Waals surface area (Å²) in [6.45, 7) is 2.39. The van der Waals surface area contributed by atoms with Gasteiger partial charge in [0.05, 0.1) is 12.3 Å². The highest BCUT2D eigenvalue weighted by molar-refractivity contribution is 7.99. The first kappa shape index (κ1) is 14.5. The van der Waals surface area contributed by atoms with Gasteiger partial charge in [0.15, 0.2) is 5.16 Å². The third-order valence-electron chi connectivity index (χ3n) is 2.55. The van der Waals surface area contributed by atoms with Crippen LogP contribution < -0.4 is 16.0 Å². The molecule has 0 unspecified atom stereocenters. The lowest BCUT2D eigenvalue weighted by Gasteiger charge is -2.08. The highest BCUT2D eigenvalue weighted by atomic mass is 32.2. The summed E-state index contributed by atoms with van der Waals surface area (Å²) in [5, 5.41) is 0.647. The van der Waals surface area contributed by atoms with Gasteiger partial charge in [0.1, 0.15) is 5.75 Å². The molecule has 0 saturated carbocycles. The van der Waals surface area contributed by atoms with Crippen molar-refractivity contribution in [3.05, 3.63) is 46.4 Å². The number of ether oxygens (including phenoxy) is 1. The van der Waals surface area contributed by atoms with Crippen molar-refractivity contribution >= 4 is 17.4 Å². The number of hydrogen-bond acceptors (Lipinski definition) is 5. The molecule has 0 fully saturated rings. The lowest BCUT2D eigenvalue weighted by molar-refractivity contribution is 0.320. The second-order valence-electron chi connectivity index (χ2n) is 4.28. The zero-order chi connectivity index (χ0) is 14.4. The van der Waals surface area contributed by atoms with Crippen LogP contribution in [0.4, 0.5) is 5.69 Å². The molecule has 0 spiro atoms. The molecular formula is C14H17N3O2S. The van der Waals surface area contributed by atoms with Crippen molar-refractivity contribution in [3.63, 3.8) is 0 Å². The van der Waals surface area contributed by atoms with Crippen LogP contribution in [-0.2, 0) is 0 Å². The van der Waals surface area contributed by atoms with Crippen LogP contribution in [0.15, 0.2) is 40.3 Å². The van der Waals surface area contributed by atoms with Gasteiger partial charge in [0, 0.05) is 17.5 Å². The van der Waals surface area contributed by atoms with Gasteiger partial charge in [-0.15, -0.1) is 0 Å². The highest BCUT2D eigenvalue weighted by Crippen LogP contribution is 2.20. The molecule has 0 atom stereocenters. The fraction of sp³-hybridized carbons (Fsp3) is 0.286. The topological polar surface area (TPSA) is 81.0 Å². The molecule has 0 bridgehead atoms. The Bertz CT molecular complexity index is 628. The minimum absolute atomic E-state index is 0.117. The first-order valence-corrected chi connectivity index (χ1v) is 7.32. The summed E-state index contributed by atoms with van der Waals surface area (Å²) in [5.41, 5.74) is 7.03. The van der Waals surface area contributed by atoms with Gasteiger partial charge >= 0.3 is 0 Å². The van der Waals surface area contributed by atoms with E-state index in [1.165, 1.54) is 17.8 Å². The van der Waals surface area contributed by atoms with Crippen LogP contribution in [0.25, 0.3) is 0 Å². The smallest absolute Gasteiger partial charge is 0.251 e. The van der Waals surface area contributed by atoms with Crippen molar-refractivity contribution in [2.45, 2.75) is 18.5 Å². The first-order valence-electron chi connectivity index (χ1n) is 6.33. The number of aromatic amines is 1. The predicted octanol–water partition coefficient (Wildman–Crippen LogP) is 2.22. The molecule has 2 rings (SSSR count). The number of benzene rings is 1. The maximum Gasteiger partial charge on any atom is 0.251 e. The van der Waals surface area contributed by atoms with Crippen LogP contribution in [0.2, 0.25) is 0 Å². The molecule has 20 heavy (non-hydrogen) atoms. The van der Waals surface area contributed by atoms with Gasteiger partial charge in [-0.3, -0.25) is 4.79 Å². The summed E-state index contributed by atoms with van der Waals surface area (Å²) < 4.78 is 5.59. The minimum atomic E-state index is -0.117. The van der Waals surface area contributed by atoms with Crippen molar-refractivity contribution in [1.29, 1.82) is 0 Å². The van der Waals surface area contributed by atoms with Gasteiger partial charge in [-0.05, 0) is 25.5 Å². The summed E-state index contributed by atoms with van der Waals surface area (Å²) in [4.78, 5) is 18.2. The number of rotatable bonds is 6. The Hall–Kier alpha value is -1.95. The zero-order valence-electron chi connectivity index (χ0n) is 11.3. The zero-order valence-corrected chi connectivity index (χ0v) is 12.1. The second kappa shape index (κ2) is 7.00. The number of nitrogens with two attached hydrogens (primary N) is 1. The molecule has 3 N–H and O–H groups in total. The molecule has 1 aromatic carbocycles. The molecule has 1 heterocycles. The summed E-state index contributed by atoms with van der Waals surface area (Å²) in [6.07, 6.45) is 0.844. The van der Waals surface area contributed by atoms with Crippen molar-refractivity contribution in [2.75, 3.05) is 18.1 Å². The summed E-state index contributed by atoms with van der Waals surface area (Å²) in [6, 6.07) is 8.90. The Morgan fingerprint density at radius 2 is 2.20 bits per heavy atom. The van der Waals surface area contributed by atoms with Crippen LogP contribution in [0.5, 0.6) is 5.75 Å². The van der Waals surface area contributed by atoms with Crippen LogP contribution in [0, 0.1) is 6.92 Å². The Labute approximate surface area is 121 Å². The lowest BCUT2D eigenvalue weighted by Crippen LogP contribution is -2.08. The van der Waals surface area contributed by atoms with Gasteiger partial charge in [0.25, 0.3) is 5.56 Å². The van der Waals surface area contributed by atoms with Crippen molar-refractivity contribution in [1.82, 2.24) is 9.97 Å². The van der Waals surface area contributed by atoms with E-state index in [0.717, 1.165) is 17.9 Å². The molecule has 1 aromatic heterocycles. The Morgan fingerprint density at radius 1 is 1.40 bits per heavy atom. The van der Waals surface area contributed by atoms with Crippen molar-refractivity contribution in [3.8, 4) is 5.75 Å². The Kier molecular flexibility index (Phi) is 5.06. The van der Waals surface area contributed by atoms with E-state index >= 15 is 0 Å². The van der Waals surface area contributed by atoms with Crippen LogP contribution >= 0.6 is 11.8 Å². The first-order chi connectivity index (χ1) is 9.65. The van der Waals surface area contributed by atoms with Gasteiger partial charge < -0.3 is 15.5 Å². The van der Waals surface area contributed by atoms with E-state index in [4.69, 9.17) is 10.5 Å². The standard InChI is InChI=1S/C14H17N3O2S/c1-10-9-13(18)17-14(16-10)20-8-4-7-19-12-6-3-2-5-11(12)15/h2-3,5-6,9H,4,7-8,15H2,1H3,(H,16,17,18). The van der Waals surface area contributed by atoms with E-state index in [1.807, 2.05) is 24.3 Å². The molecule has 0 amide bonds. The number of nitrogen functional groups attached to an aromatic ring is 1. The lowest BCUT2D eigenvalue weighted by atomic mass is 10.3. The average Bonchev–Trinajstić information content (AvgIpc) is 2.39. The third kappa shape index (κ3) is 4.31. The van der Waals surface area contributed by atoms with E-state index in [1.54, 1.807) is 6.92 Å². The number of aromatic nitrogens is 2. The van der Waals surface area contributed by atoms with Crippen LogP contribution in [0.3, 0.4) is 0 Å². The monoisotopic (exact) mass is 291 g/mol. The molecule has 0 aliphatic rings. The quantitative estimate of drug-likeness (QED) is 0.369. The highest BCUT2D eigenvalue weighted by Gasteiger charge is 2.01. The maximum atomic E-state index is 11.3. The van der Waals surface area contributed by atoms with Gasteiger partial charge in [-0.1, -0.05) is 23.9 Å². The van der Waals surface area contributed by atoms with Crippen LogP contribution in [-0.4, -0.2) is 22.3 Å². The Balaban J connectivity index is 1.74. The fourth-order valence-corrected chi connectivity index (χ4v) is 2.48. The molecule has 6 heteroatoms. The van der Waals surface area contributed by atoms with Crippen molar-refractivity contribution < 1.29 is 4.74 Å². The number of nitrogens with zero attached hydrogens (tertiary/aromatic N) is 1. The van der Waals surface area contributed by atoms with E-state index in [0.29, 0.717) is 23.2 Å². The fourth-order valence-electron chi connectivity index (χ4n) is 1.64. The van der Waals surface area contributed by atoms with E-state index in [2.05, 4.69) is 9.97 Å². The summed E-state index contributed by atoms with van der Waals surface area (Å²) in [5.74, 6) is 1.53. The number of H-pyrrole nitrogens is 1. The molecule has 5 nitrogen and oxygen atoms in total. The van der Waals surface area contributed by atoms with E-state index in [-0.39, 0.29) is 5.56 Å². The number of anilines is 1. The third-order valence-corrected chi connectivity index (χ3v) is 3.51. The number of para-hydroxylation sites is 2. The summed E-state index contributed by atoms with van der Waals surface area (Å²) in [7, 11) is 0. The SMILES string of the molecule is Cc1cc(=O)[nH]c(SCCCOc2ccccc2N)n1. The molecule has 2 aromatic rings. The largest absolute Gasteiger partial charge is 0.491 e. The van der Waals surface area contributed by atoms with Crippen molar-refractivity contribution in [2.24, 2.45) is 0 Å². The number of aryl methyl sites for hydroxylation is 1. The average molecular weight is 291 g/mol. The van der Waals surface area contributed by atoms with Gasteiger partial charge in [0.2, 0.25) is 0 Å². The van der Waals surface area contributed by atoms with Gasteiger partial charge in [-0.2, -0.15) is 0 Å². The molecule has 0 aliphatic heterocycles. The predicted molar refractivity (Wildman–Crippen MR) is 81.3 cm³/mol. The normalized spacial score (nSPS) is 10.4. The molecule has 0 aliphatic carbocycles. The van der Waals surface area contributed by atoms with E-state index < -0.39 is 0 Å². The van der Waals surface area contributed by atoms with Crippen LogP contribution in [0.1, 0.15) is 12.1 Å².